The van der Waals surface area contributed by atoms with Gasteiger partial charge in [-0.15, -0.1) is 0 Å². The minimum atomic E-state index is 0.0204. The molecule has 1 aromatic rings. The van der Waals surface area contributed by atoms with Crippen molar-refractivity contribution in [3.8, 4) is 0 Å². The van der Waals surface area contributed by atoms with Gasteiger partial charge in [-0.2, -0.15) is 10.2 Å². The van der Waals surface area contributed by atoms with Crippen LogP contribution in [0.5, 0.6) is 0 Å². The van der Waals surface area contributed by atoms with E-state index < -0.39 is 0 Å². The number of carbonyl (C=O) groups is 1. The molecule has 0 aliphatic heterocycles. The summed E-state index contributed by atoms with van der Waals surface area (Å²) in [6, 6.07) is 1.78. The normalized spacial score (nSPS) is 20.7. The van der Waals surface area contributed by atoms with Crippen LogP contribution in [0.4, 0.5) is 0 Å². The van der Waals surface area contributed by atoms with Crippen LogP contribution in [0.15, 0.2) is 6.07 Å². The fourth-order valence-corrected chi connectivity index (χ4v) is 1.75. The fourth-order valence-electron chi connectivity index (χ4n) is 1.75. The standard InChI is InChI=1S/C10H12N2O2/c1-6-2-8-9(12-11-6)3-7(5-13)4-10(8)14/h2,7,13H,3-5H2,1H3. The molecule has 1 N–H and O–H groups in total. The Balaban J connectivity index is 2.40. The number of aryl methyl sites for hydroxylation is 1. The zero-order valence-corrected chi connectivity index (χ0v) is 8.03. The van der Waals surface area contributed by atoms with Crippen LogP contribution in [0.2, 0.25) is 0 Å². The van der Waals surface area contributed by atoms with Crippen LogP contribution in [0, 0.1) is 12.8 Å². The zero-order valence-electron chi connectivity index (χ0n) is 8.03. The second-order valence-electron chi connectivity index (χ2n) is 3.73. The van der Waals surface area contributed by atoms with Gasteiger partial charge in [0.2, 0.25) is 0 Å². The summed E-state index contributed by atoms with van der Waals surface area (Å²) < 4.78 is 0. The third kappa shape index (κ3) is 1.53. The van der Waals surface area contributed by atoms with Gasteiger partial charge in [0.15, 0.2) is 5.78 Å². The van der Waals surface area contributed by atoms with E-state index in [1.807, 2.05) is 6.92 Å². The molecule has 1 unspecified atom stereocenters. The number of hydrogen-bond acceptors (Lipinski definition) is 4. The molecule has 1 aliphatic carbocycles. The quantitative estimate of drug-likeness (QED) is 0.704. The molecule has 4 heteroatoms. The van der Waals surface area contributed by atoms with E-state index in [4.69, 9.17) is 5.11 Å². The summed E-state index contributed by atoms with van der Waals surface area (Å²) in [7, 11) is 0. The summed E-state index contributed by atoms with van der Waals surface area (Å²) in [5.41, 5.74) is 2.17. The van der Waals surface area contributed by atoms with Crippen molar-refractivity contribution in [3.05, 3.63) is 23.0 Å². The molecule has 0 radical (unpaired) electrons. The van der Waals surface area contributed by atoms with E-state index in [-0.39, 0.29) is 18.3 Å². The summed E-state index contributed by atoms with van der Waals surface area (Å²) in [5, 5.41) is 16.9. The SMILES string of the molecule is Cc1cc2c(nn1)CC(CO)CC2=O. The highest BCUT2D eigenvalue weighted by atomic mass is 16.3. The summed E-state index contributed by atoms with van der Waals surface area (Å²) in [4.78, 5) is 11.6. The molecule has 74 valence electrons. The third-order valence-corrected chi connectivity index (χ3v) is 2.51. The van der Waals surface area contributed by atoms with Crippen LogP contribution in [0.3, 0.4) is 0 Å². The van der Waals surface area contributed by atoms with E-state index in [2.05, 4.69) is 10.2 Å². The summed E-state index contributed by atoms with van der Waals surface area (Å²) >= 11 is 0. The first kappa shape index (κ1) is 9.27. The van der Waals surface area contributed by atoms with E-state index in [1.165, 1.54) is 0 Å². The van der Waals surface area contributed by atoms with Crippen molar-refractivity contribution in [1.29, 1.82) is 0 Å². The van der Waals surface area contributed by atoms with E-state index in [9.17, 15) is 4.79 Å². The van der Waals surface area contributed by atoms with E-state index >= 15 is 0 Å². The first-order chi connectivity index (χ1) is 6.70. The van der Waals surface area contributed by atoms with Gasteiger partial charge >= 0.3 is 0 Å². The molecule has 0 amide bonds. The highest BCUT2D eigenvalue weighted by Crippen LogP contribution is 2.23. The Morgan fingerprint density at radius 3 is 3.00 bits per heavy atom. The van der Waals surface area contributed by atoms with E-state index in [1.54, 1.807) is 6.07 Å². The maximum atomic E-state index is 11.6. The number of fused-ring (bicyclic) bond motifs is 1. The zero-order chi connectivity index (χ0) is 10.1. The van der Waals surface area contributed by atoms with Gasteiger partial charge in [0, 0.05) is 18.6 Å². The third-order valence-electron chi connectivity index (χ3n) is 2.51. The van der Waals surface area contributed by atoms with Crippen molar-refractivity contribution >= 4 is 5.78 Å². The van der Waals surface area contributed by atoms with Gasteiger partial charge < -0.3 is 5.11 Å². The summed E-state index contributed by atoms with van der Waals surface area (Å²) in [5.74, 6) is 0.0929. The number of ketones is 1. The summed E-state index contributed by atoms with van der Waals surface area (Å²) in [6.45, 7) is 1.86. The molecule has 0 fully saturated rings. The molecular formula is C10H12N2O2. The molecule has 1 aliphatic rings. The molecule has 0 spiro atoms. The Hall–Kier alpha value is -1.29. The maximum Gasteiger partial charge on any atom is 0.165 e. The molecule has 4 nitrogen and oxygen atoms in total. The van der Waals surface area contributed by atoms with Crippen molar-refractivity contribution in [1.82, 2.24) is 10.2 Å². The molecule has 1 aromatic heterocycles. The van der Waals surface area contributed by atoms with Gasteiger partial charge in [0.25, 0.3) is 0 Å². The Labute approximate surface area is 82.0 Å². The molecule has 2 rings (SSSR count). The molecule has 0 aromatic carbocycles. The van der Waals surface area contributed by atoms with Gasteiger partial charge in [-0.05, 0) is 25.3 Å². The molecule has 0 bridgehead atoms. The van der Waals surface area contributed by atoms with Crippen molar-refractivity contribution in [2.24, 2.45) is 5.92 Å². The number of aliphatic hydroxyl groups excluding tert-OH is 1. The largest absolute Gasteiger partial charge is 0.396 e. The van der Waals surface area contributed by atoms with E-state index in [0.29, 0.717) is 18.4 Å². The fraction of sp³-hybridized carbons (Fsp3) is 0.500. The number of aliphatic hydroxyl groups is 1. The molecule has 0 saturated heterocycles. The first-order valence-corrected chi connectivity index (χ1v) is 4.68. The molecule has 0 saturated carbocycles. The molecule has 1 heterocycles. The maximum absolute atomic E-state index is 11.6. The lowest BCUT2D eigenvalue weighted by molar-refractivity contribution is 0.0916. The highest BCUT2D eigenvalue weighted by Gasteiger charge is 2.25. The Bertz CT molecular complexity index is 376. The van der Waals surface area contributed by atoms with Crippen LogP contribution in [-0.2, 0) is 6.42 Å². The lowest BCUT2D eigenvalue weighted by Crippen LogP contribution is -2.24. The van der Waals surface area contributed by atoms with Gasteiger partial charge in [0.1, 0.15) is 0 Å². The van der Waals surface area contributed by atoms with Crippen LogP contribution >= 0.6 is 0 Å². The average Bonchev–Trinajstić information content (AvgIpc) is 2.19. The number of aromatic nitrogens is 2. The lowest BCUT2D eigenvalue weighted by atomic mass is 9.86. The van der Waals surface area contributed by atoms with Gasteiger partial charge in [-0.25, -0.2) is 0 Å². The van der Waals surface area contributed by atoms with Crippen LogP contribution < -0.4 is 0 Å². The van der Waals surface area contributed by atoms with Crippen LogP contribution in [0.1, 0.15) is 28.2 Å². The molecule has 14 heavy (non-hydrogen) atoms. The molecule has 1 atom stereocenters. The van der Waals surface area contributed by atoms with Crippen LogP contribution in [0.25, 0.3) is 0 Å². The second kappa shape index (κ2) is 3.46. The highest BCUT2D eigenvalue weighted by molar-refractivity contribution is 5.98. The number of hydrogen-bond donors (Lipinski definition) is 1. The van der Waals surface area contributed by atoms with Crippen molar-refractivity contribution in [2.75, 3.05) is 6.61 Å². The predicted molar refractivity (Wildman–Crippen MR) is 50.0 cm³/mol. The Kier molecular flexibility index (Phi) is 2.29. The predicted octanol–water partition coefficient (Wildman–Crippen LogP) is 0.522. The van der Waals surface area contributed by atoms with Crippen molar-refractivity contribution < 1.29 is 9.90 Å². The summed E-state index contributed by atoms with van der Waals surface area (Å²) in [6.07, 6.45) is 1.08. The van der Waals surface area contributed by atoms with Gasteiger partial charge in [-0.1, -0.05) is 0 Å². The van der Waals surface area contributed by atoms with Crippen molar-refractivity contribution in [3.63, 3.8) is 0 Å². The second-order valence-corrected chi connectivity index (χ2v) is 3.73. The van der Waals surface area contributed by atoms with Gasteiger partial charge in [0.05, 0.1) is 11.4 Å². The van der Waals surface area contributed by atoms with E-state index in [0.717, 1.165) is 11.4 Å². The first-order valence-electron chi connectivity index (χ1n) is 4.68. The van der Waals surface area contributed by atoms with Gasteiger partial charge in [-0.3, -0.25) is 4.79 Å². The number of nitrogens with zero attached hydrogens (tertiary/aromatic N) is 2. The minimum Gasteiger partial charge on any atom is -0.396 e. The van der Waals surface area contributed by atoms with Crippen molar-refractivity contribution in [2.45, 2.75) is 19.8 Å². The number of carbonyl (C=O) groups excluding carboxylic acids is 1. The lowest BCUT2D eigenvalue weighted by Gasteiger charge is -2.20. The average molecular weight is 192 g/mol. The molecular weight excluding hydrogens is 180 g/mol. The monoisotopic (exact) mass is 192 g/mol. The topological polar surface area (TPSA) is 63.1 Å². The number of rotatable bonds is 1. The Morgan fingerprint density at radius 1 is 1.50 bits per heavy atom. The van der Waals surface area contributed by atoms with Crippen LogP contribution in [-0.4, -0.2) is 27.7 Å². The Morgan fingerprint density at radius 2 is 2.29 bits per heavy atom. The minimum absolute atomic E-state index is 0.0204. The smallest absolute Gasteiger partial charge is 0.165 e. The number of Topliss-reactive ketones (excluding diaryl/α,β-unsaturated/α-hetero) is 1.